The average Bonchev–Trinajstić information content (AvgIpc) is 3.37. The smallest absolute Gasteiger partial charge is 0.340 e. The molecule has 12 heteroatoms. The van der Waals surface area contributed by atoms with Gasteiger partial charge in [-0.2, -0.15) is 5.10 Å². The van der Waals surface area contributed by atoms with E-state index >= 15 is 0 Å². The van der Waals surface area contributed by atoms with Gasteiger partial charge in [0.25, 0.3) is 0 Å². The van der Waals surface area contributed by atoms with E-state index in [9.17, 15) is 22.8 Å². The standard InChI is InChI=1S/C22H26ClN3O7S/c1-5-32-22(29)19-12(2)20(24-14(19)4)17(27)10-33-18(28)7-6-16-13(3)25-26(21(16)23)15-8-9-34(30,31)11-15/h6-7,15,24H,5,8-11H2,1-4H3/b7-6+. The Balaban J connectivity index is 1.65. The molecule has 2 aromatic heterocycles. The summed E-state index contributed by atoms with van der Waals surface area (Å²) in [5, 5.41) is 4.54. The van der Waals surface area contributed by atoms with Gasteiger partial charge in [-0.25, -0.2) is 22.7 Å². The van der Waals surface area contributed by atoms with Crippen molar-refractivity contribution in [1.82, 2.24) is 14.8 Å². The van der Waals surface area contributed by atoms with Crippen LogP contribution in [0.1, 0.15) is 62.7 Å². The van der Waals surface area contributed by atoms with Crippen LogP contribution in [-0.4, -0.2) is 65.6 Å². The van der Waals surface area contributed by atoms with Crippen molar-refractivity contribution in [2.45, 2.75) is 40.2 Å². The zero-order valence-corrected chi connectivity index (χ0v) is 20.9. The van der Waals surface area contributed by atoms with Crippen LogP contribution in [0, 0.1) is 20.8 Å². The van der Waals surface area contributed by atoms with Crippen LogP contribution in [0.4, 0.5) is 0 Å². The number of carbonyl (C=O) groups is 3. The molecule has 0 aliphatic carbocycles. The maximum atomic E-state index is 12.5. The Bertz CT molecular complexity index is 1270. The fraction of sp³-hybridized carbons (Fsp3) is 0.455. The van der Waals surface area contributed by atoms with E-state index in [0.717, 1.165) is 6.08 Å². The summed E-state index contributed by atoms with van der Waals surface area (Å²) in [6.07, 6.45) is 2.96. The number of nitrogens with zero attached hydrogens (tertiary/aromatic N) is 2. The minimum absolute atomic E-state index is 0.0311. The number of halogens is 1. The lowest BCUT2D eigenvalue weighted by Crippen LogP contribution is -2.14. The summed E-state index contributed by atoms with van der Waals surface area (Å²) in [7, 11) is -3.11. The SMILES string of the molecule is CCOC(=O)c1c(C)[nH]c(C(=O)COC(=O)/C=C/c2c(C)nn(C3CCS(=O)(=O)C3)c2Cl)c1C. The minimum Gasteiger partial charge on any atom is -0.462 e. The topological polar surface area (TPSA) is 137 Å². The number of Topliss-reactive ketones (excluding diaryl/α,β-unsaturated/α-hetero) is 1. The Labute approximate surface area is 202 Å². The molecule has 0 amide bonds. The molecule has 0 bridgehead atoms. The van der Waals surface area contributed by atoms with Crippen LogP contribution < -0.4 is 0 Å². The lowest BCUT2D eigenvalue weighted by atomic mass is 10.1. The number of ether oxygens (including phenoxy) is 2. The number of aromatic nitrogens is 3. The molecule has 1 aliphatic rings. The van der Waals surface area contributed by atoms with Gasteiger partial charge in [0, 0.05) is 17.3 Å². The van der Waals surface area contributed by atoms with Gasteiger partial charge in [-0.05, 0) is 45.8 Å². The van der Waals surface area contributed by atoms with Crippen LogP contribution in [0.15, 0.2) is 6.08 Å². The Hall–Kier alpha value is -2.92. The highest BCUT2D eigenvalue weighted by Gasteiger charge is 2.32. The summed E-state index contributed by atoms with van der Waals surface area (Å²) in [6.45, 7) is 6.32. The molecule has 34 heavy (non-hydrogen) atoms. The number of carbonyl (C=O) groups excluding carboxylic acids is 3. The van der Waals surface area contributed by atoms with Crippen molar-refractivity contribution in [3.05, 3.63) is 45.0 Å². The Morgan fingerprint density at radius 3 is 2.56 bits per heavy atom. The highest BCUT2D eigenvalue weighted by molar-refractivity contribution is 7.91. The van der Waals surface area contributed by atoms with Gasteiger partial charge in [-0.15, -0.1) is 0 Å². The number of hydrogen-bond acceptors (Lipinski definition) is 8. The van der Waals surface area contributed by atoms with Gasteiger partial charge in [-0.3, -0.25) is 4.79 Å². The molecule has 1 aliphatic heterocycles. The van der Waals surface area contributed by atoms with E-state index < -0.39 is 34.2 Å². The number of rotatable bonds is 8. The number of esters is 2. The second kappa shape index (κ2) is 10.1. The third kappa shape index (κ3) is 5.41. The fourth-order valence-corrected chi connectivity index (χ4v) is 5.95. The van der Waals surface area contributed by atoms with Crippen LogP contribution >= 0.6 is 11.6 Å². The predicted molar refractivity (Wildman–Crippen MR) is 125 cm³/mol. The van der Waals surface area contributed by atoms with Crippen molar-refractivity contribution in [2.75, 3.05) is 24.7 Å². The number of H-pyrrole nitrogens is 1. The van der Waals surface area contributed by atoms with E-state index in [1.165, 1.54) is 10.8 Å². The summed E-state index contributed by atoms with van der Waals surface area (Å²) in [4.78, 5) is 39.6. The van der Waals surface area contributed by atoms with Crippen molar-refractivity contribution in [3.8, 4) is 0 Å². The second-order valence-electron chi connectivity index (χ2n) is 8.00. The molecule has 0 radical (unpaired) electrons. The molecule has 1 N–H and O–H groups in total. The molecule has 0 aromatic carbocycles. The first-order valence-electron chi connectivity index (χ1n) is 10.6. The van der Waals surface area contributed by atoms with E-state index in [4.69, 9.17) is 21.1 Å². The molecule has 3 heterocycles. The molecule has 10 nitrogen and oxygen atoms in total. The Kier molecular flexibility index (Phi) is 7.67. The van der Waals surface area contributed by atoms with E-state index in [1.54, 1.807) is 27.7 Å². The fourth-order valence-electron chi connectivity index (χ4n) is 3.88. The quantitative estimate of drug-likeness (QED) is 0.324. The summed E-state index contributed by atoms with van der Waals surface area (Å²) in [5.74, 6) is -1.75. The predicted octanol–water partition coefficient (Wildman–Crippen LogP) is 2.77. The van der Waals surface area contributed by atoms with Gasteiger partial charge in [0.1, 0.15) is 5.15 Å². The first-order valence-corrected chi connectivity index (χ1v) is 12.8. The highest BCUT2D eigenvalue weighted by atomic mass is 35.5. The first-order chi connectivity index (χ1) is 15.9. The molecular weight excluding hydrogens is 486 g/mol. The zero-order valence-electron chi connectivity index (χ0n) is 19.3. The largest absolute Gasteiger partial charge is 0.462 e. The van der Waals surface area contributed by atoms with Crippen LogP contribution in [0.25, 0.3) is 6.08 Å². The Morgan fingerprint density at radius 1 is 1.24 bits per heavy atom. The number of aryl methyl sites for hydroxylation is 2. The molecule has 2 aromatic rings. The van der Waals surface area contributed by atoms with Gasteiger partial charge >= 0.3 is 11.9 Å². The van der Waals surface area contributed by atoms with Crippen molar-refractivity contribution in [2.24, 2.45) is 0 Å². The van der Waals surface area contributed by atoms with E-state index in [1.807, 2.05) is 0 Å². The molecule has 1 unspecified atom stereocenters. The summed E-state index contributed by atoms with van der Waals surface area (Å²) < 4.78 is 35.0. The number of sulfone groups is 1. The zero-order chi connectivity index (χ0) is 25.2. The summed E-state index contributed by atoms with van der Waals surface area (Å²) >= 11 is 6.38. The highest BCUT2D eigenvalue weighted by Crippen LogP contribution is 2.30. The molecule has 1 atom stereocenters. The second-order valence-corrected chi connectivity index (χ2v) is 10.6. The van der Waals surface area contributed by atoms with Gasteiger partial charge in [-0.1, -0.05) is 11.6 Å². The van der Waals surface area contributed by atoms with Crippen LogP contribution in [0.2, 0.25) is 5.15 Å². The van der Waals surface area contributed by atoms with Crippen molar-refractivity contribution >= 4 is 45.2 Å². The van der Waals surface area contributed by atoms with E-state index in [-0.39, 0.29) is 40.6 Å². The summed E-state index contributed by atoms with van der Waals surface area (Å²) in [5.41, 5.74) is 2.36. The first kappa shape index (κ1) is 25.7. The van der Waals surface area contributed by atoms with Crippen molar-refractivity contribution in [3.63, 3.8) is 0 Å². The molecule has 0 saturated carbocycles. The lowest BCUT2D eigenvalue weighted by molar-refractivity contribution is -0.136. The number of aromatic amines is 1. The average molecular weight is 512 g/mol. The third-order valence-electron chi connectivity index (χ3n) is 5.55. The van der Waals surface area contributed by atoms with Crippen molar-refractivity contribution in [1.29, 1.82) is 0 Å². The monoisotopic (exact) mass is 511 g/mol. The van der Waals surface area contributed by atoms with Gasteiger partial charge in [0.05, 0.1) is 41.1 Å². The minimum atomic E-state index is -3.11. The number of nitrogens with one attached hydrogen (secondary N) is 1. The number of hydrogen-bond donors (Lipinski definition) is 1. The molecule has 1 fully saturated rings. The van der Waals surface area contributed by atoms with E-state index in [2.05, 4.69) is 10.1 Å². The van der Waals surface area contributed by atoms with Crippen molar-refractivity contribution < 1.29 is 32.3 Å². The van der Waals surface area contributed by atoms with Crippen LogP contribution in [0.3, 0.4) is 0 Å². The van der Waals surface area contributed by atoms with Crippen LogP contribution in [-0.2, 0) is 24.1 Å². The maximum absolute atomic E-state index is 12.5. The van der Waals surface area contributed by atoms with E-state index in [0.29, 0.717) is 28.9 Å². The Morgan fingerprint density at radius 2 is 1.94 bits per heavy atom. The molecule has 3 rings (SSSR count). The molecule has 0 spiro atoms. The molecular formula is C22H26ClN3O7S. The molecule has 184 valence electrons. The van der Waals surface area contributed by atoms with Gasteiger partial charge < -0.3 is 14.5 Å². The third-order valence-corrected chi connectivity index (χ3v) is 7.68. The lowest BCUT2D eigenvalue weighted by Gasteiger charge is -2.09. The van der Waals surface area contributed by atoms with Gasteiger partial charge in [0.2, 0.25) is 5.78 Å². The van der Waals surface area contributed by atoms with Crippen LogP contribution in [0.5, 0.6) is 0 Å². The normalized spacial score (nSPS) is 17.3. The maximum Gasteiger partial charge on any atom is 0.340 e. The van der Waals surface area contributed by atoms with Gasteiger partial charge in [0.15, 0.2) is 16.4 Å². The number of ketones is 1. The molecule has 1 saturated heterocycles. The summed E-state index contributed by atoms with van der Waals surface area (Å²) in [6, 6.07) is -0.352.